The van der Waals surface area contributed by atoms with Crippen LogP contribution in [0.2, 0.25) is 0 Å². The number of hydrogen-bond acceptors (Lipinski definition) is 6. The number of imidazole rings is 1. The van der Waals surface area contributed by atoms with Crippen LogP contribution < -0.4 is 22.0 Å². The van der Waals surface area contributed by atoms with Crippen LogP contribution in [-0.4, -0.2) is 52.7 Å². The molecular weight excluding hydrogens is 456 g/mol. The van der Waals surface area contributed by atoms with Gasteiger partial charge in [-0.05, 0) is 50.3 Å². The molecule has 0 saturated carbocycles. The first kappa shape index (κ1) is 23.9. The van der Waals surface area contributed by atoms with Crippen LogP contribution in [0.5, 0.6) is 0 Å². The van der Waals surface area contributed by atoms with Gasteiger partial charge in [-0.2, -0.15) is 0 Å². The number of amides is 1. The van der Waals surface area contributed by atoms with E-state index in [9.17, 15) is 4.79 Å². The topological polar surface area (TPSA) is 127 Å². The average Bonchev–Trinajstić information content (AvgIpc) is 3.27. The Morgan fingerprint density at radius 2 is 2.03 bits per heavy atom. The Bertz CT molecular complexity index is 1270. The molecule has 10 nitrogen and oxygen atoms in total. The molecular formula is C26H34N8O2. The Morgan fingerprint density at radius 3 is 2.75 bits per heavy atom. The molecule has 2 aliphatic heterocycles. The van der Waals surface area contributed by atoms with E-state index >= 15 is 0 Å². The molecule has 36 heavy (non-hydrogen) atoms. The Balaban J connectivity index is 1.63. The van der Waals surface area contributed by atoms with Gasteiger partial charge in [0.05, 0.1) is 29.9 Å². The number of hydrogen-bond donors (Lipinski definition) is 3. The summed E-state index contributed by atoms with van der Waals surface area (Å²) in [6, 6.07) is 14.8. The number of carbonyl (C=O) groups is 1. The monoisotopic (exact) mass is 490 g/mol. The number of nitrogens with one attached hydrogen (secondary N) is 1. The number of nitrogens with zero attached hydrogens (tertiary/aromatic N) is 5. The van der Waals surface area contributed by atoms with Crippen molar-refractivity contribution in [1.29, 1.82) is 0 Å². The average molecular weight is 491 g/mol. The molecule has 190 valence electrons. The lowest BCUT2D eigenvalue weighted by Gasteiger charge is -2.36. The van der Waals surface area contributed by atoms with Crippen molar-refractivity contribution in [3.63, 3.8) is 0 Å². The maximum absolute atomic E-state index is 12.6. The number of hydrazine groups is 1. The smallest absolute Gasteiger partial charge is 0.414 e. The van der Waals surface area contributed by atoms with Gasteiger partial charge in [-0.3, -0.25) is 10.3 Å². The van der Waals surface area contributed by atoms with Crippen molar-refractivity contribution in [1.82, 2.24) is 19.9 Å². The summed E-state index contributed by atoms with van der Waals surface area (Å²) in [5, 5.41) is 3.83. The lowest BCUT2D eigenvalue weighted by Crippen LogP contribution is -2.49. The zero-order valence-corrected chi connectivity index (χ0v) is 20.9. The highest BCUT2D eigenvalue weighted by Gasteiger charge is 2.33. The third-order valence-corrected chi connectivity index (χ3v) is 7.42. The highest BCUT2D eigenvalue weighted by molar-refractivity contribution is 5.95. The zero-order valence-electron chi connectivity index (χ0n) is 20.9. The van der Waals surface area contributed by atoms with Gasteiger partial charge in [0.1, 0.15) is 5.82 Å². The summed E-state index contributed by atoms with van der Waals surface area (Å²) in [5.41, 5.74) is 7.85. The summed E-state index contributed by atoms with van der Waals surface area (Å²) in [6.45, 7) is 3.61. The number of hydrazone groups is 1. The number of benzene rings is 2. The maximum atomic E-state index is 12.6. The Labute approximate surface area is 210 Å². The molecule has 5 rings (SSSR count). The second kappa shape index (κ2) is 10.1. The van der Waals surface area contributed by atoms with E-state index in [4.69, 9.17) is 21.4 Å². The van der Waals surface area contributed by atoms with Crippen molar-refractivity contribution in [2.75, 3.05) is 25.1 Å². The Kier molecular flexibility index (Phi) is 6.69. The van der Waals surface area contributed by atoms with E-state index in [0.717, 1.165) is 66.9 Å². The highest BCUT2D eigenvalue weighted by atomic mass is 16.5. The number of ether oxygens (including phenoxy) is 1. The van der Waals surface area contributed by atoms with Crippen LogP contribution in [0.4, 0.5) is 10.5 Å². The number of rotatable bonds is 3. The number of likely N-dealkylation sites (tertiary alicyclic amines) is 1. The molecule has 2 atom stereocenters. The largest absolute Gasteiger partial charge is 0.452 e. The van der Waals surface area contributed by atoms with E-state index in [1.54, 1.807) is 4.90 Å². The number of anilines is 1. The van der Waals surface area contributed by atoms with Crippen molar-refractivity contribution < 1.29 is 9.53 Å². The van der Waals surface area contributed by atoms with Gasteiger partial charge >= 0.3 is 6.09 Å². The first-order valence-corrected chi connectivity index (χ1v) is 12.5. The molecule has 0 radical (unpaired) electrons. The number of aromatic nitrogens is 2. The van der Waals surface area contributed by atoms with Crippen LogP contribution in [0.1, 0.15) is 49.2 Å². The predicted molar refractivity (Wildman–Crippen MR) is 140 cm³/mol. The van der Waals surface area contributed by atoms with E-state index in [-0.39, 0.29) is 18.2 Å². The van der Waals surface area contributed by atoms with E-state index in [1.165, 1.54) is 12.7 Å². The molecule has 1 saturated heterocycles. The minimum absolute atomic E-state index is 0.0675. The van der Waals surface area contributed by atoms with Gasteiger partial charge in [-0.25, -0.2) is 15.6 Å². The number of piperidine rings is 1. The minimum Gasteiger partial charge on any atom is -0.452 e. The van der Waals surface area contributed by atoms with Gasteiger partial charge in [0.15, 0.2) is 0 Å². The van der Waals surface area contributed by atoms with Crippen molar-refractivity contribution in [2.45, 2.75) is 51.1 Å². The fourth-order valence-corrected chi connectivity index (χ4v) is 5.70. The van der Waals surface area contributed by atoms with Gasteiger partial charge in [-0.1, -0.05) is 30.3 Å². The molecule has 3 aromatic rings. The molecule has 0 bridgehead atoms. The summed E-state index contributed by atoms with van der Waals surface area (Å²) in [7, 11) is 1.43. The molecule has 2 unspecified atom stereocenters. The SMILES string of the molecule is COC(=O)N1c2ccc3c(nc(Cc4ccccc4)n3C3CCCN(/C(=N/N)NN)C3)c2CCC1C. The van der Waals surface area contributed by atoms with Crippen LogP contribution in [0.15, 0.2) is 47.6 Å². The van der Waals surface area contributed by atoms with Crippen molar-refractivity contribution in [3.8, 4) is 0 Å². The number of aryl methyl sites for hydroxylation is 1. The van der Waals surface area contributed by atoms with E-state index in [2.05, 4.69) is 57.2 Å². The quantitative estimate of drug-likeness (QED) is 0.223. The first-order valence-electron chi connectivity index (χ1n) is 12.5. The fraction of sp³-hybridized carbons (Fsp3) is 0.423. The second-order valence-corrected chi connectivity index (χ2v) is 9.56. The Hall–Kier alpha value is -3.79. The van der Waals surface area contributed by atoms with Crippen LogP contribution in [-0.2, 0) is 17.6 Å². The first-order chi connectivity index (χ1) is 17.5. The molecule has 3 heterocycles. The van der Waals surface area contributed by atoms with Gasteiger partial charge in [0.2, 0.25) is 5.96 Å². The number of nitrogens with two attached hydrogens (primary N) is 2. The summed E-state index contributed by atoms with van der Waals surface area (Å²) in [5.74, 6) is 12.7. The summed E-state index contributed by atoms with van der Waals surface area (Å²) in [4.78, 5) is 21.7. The summed E-state index contributed by atoms with van der Waals surface area (Å²) >= 11 is 0. The van der Waals surface area contributed by atoms with Crippen LogP contribution >= 0.6 is 0 Å². The van der Waals surface area contributed by atoms with Crippen LogP contribution in [0, 0.1) is 0 Å². The maximum Gasteiger partial charge on any atom is 0.414 e. The van der Waals surface area contributed by atoms with Crippen LogP contribution in [0.25, 0.3) is 11.0 Å². The number of methoxy groups -OCH3 is 1. The van der Waals surface area contributed by atoms with Crippen molar-refractivity contribution in [3.05, 3.63) is 59.4 Å². The third-order valence-electron chi connectivity index (χ3n) is 7.42. The van der Waals surface area contributed by atoms with E-state index in [1.807, 2.05) is 12.1 Å². The molecule has 1 fully saturated rings. The summed E-state index contributed by atoms with van der Waals surface area (Å²) < 4.78 is 7.48. The van der Waals surface area contributed by atoms with Gasteiger partial charge in [-0.15, -0.1) is 5.10 Å². The number of guanidine groups is 1. The molecule has 1 aromatic heterocycles. The van der Waals surface area contributed by atoms with E-state index in [0.29, 0.717) is 12.4 Å². The predicted octanol–water partition coefficient (Wildman–Crippen LogP) is 2.86. The molecule has 2 aromatic carbocycles. The van der Waals surface area contributed by atoms with E-state index < -0.39 is 0 Å². The molecule has 0 spiro atoms. The minimum atomic E-state index is -0.336. The lowest BCUT2D eigenvalue weighted by molar-refractivity contribution is 0.175. The van der Waals surface area contributed by atoms with Crippen molar-refractivity contribution >= 4 is 28.8 Å². The Morgan fingerprint density at radius 1 is 1.22 bits per heavy atom. The normalized spacial score (nSPS) is 20.4. The molecule has 1 amide bonds. The third kappa shape index (κ3) is 4.21. The molecule has 10 heteroatoms. The lowest BCUT2D eigenvalue weighted by atomic mass is 9.95. The number of carbonyl (C=O) groups excluding carboxylic acids is 1. The van der Waals surface area contributed by atoms with Crippen molar-refractivity contribution in [2.24, 2.45) is 16.8 Å². The molecule has 5 N–H and O–H groups in total. The fourth-order valence-electron chi connectivity index (χ4n) is 5.70. The number of fused-ring (bicyclic) bond motifs is 3. The second-order valence-electron chi connectivity index (χ2n) is 9.56. The zero-order chi connectivity index (χ0) is 25.2. The van der Waals surface area contributed by atoms with Gasteiger partial charge in [0, 0.05) is 31.1 Å². The van der Waals surface area contributed by atoms with Crippen LogP contribution in [0.3, 0.4) is 0 Å². The van der Waals surface area contributed by atoms with Gasteiger partial charge < -0.3 is 20.0 Å². The van der Waals surface area contributed by atoms with Gasteiger partial charge in [0.25, 0.3) is 0 Å². The summed E-state index contributed by atoms with van der Waals surface area (Å²) in [6.07, 6.45) is 4.09. The highest BCUT2D eigenvalue weighted by Crippen LogP contribution is 2.38. The standard InChI is InChI=1S/C26H34N8O2/c1-17-10-11-20-21(33(17)26(35)36-2)12-13-22-24(20)29-23(15-18-7-4-3-5-8-18)34(22)19-9-6-14-32(16-19)25(30-27)31-28/h3-5,7-8,12-13,17,19H,6,9-11,14-16,27-28H2,1-2H3,(H,30,31). The molecule has 0 aliphatic carbocycles. The molecule has 2 aliphatic rings.